The van der Waals surface area contributed by atoms with Crippen molar-refractivity contribution >= 4 is 22.5 Å². The van der Waals surface area contributed by atoms with Gasteiger partial charge in [-0.2, -0.15) is 0 Å². The summed E-state index contributed by atoms with van der Waals surface area (Å²) >= 11 is 6.17. The van der Waals surface area contributed by atoms with E-state index in [0.29, 0.717) is 5.02 Å². The van der Waals surface area contributed by atoms with Gasteiger partial charge in [-0.05, 0) is 46.5 Å². The second-order valence-electron chi connectivity index (χ2n) is 8.01. The van der Waals surface area contributed by atoms with Gasteiger partial charge in [0.15, 0.2) is 0 Å². The zero-order chi connectivity index (χ0) is 22.2. The second kappa shape index (κ2) is 8.13. The fraction of sp³-hybridized carbons (Fsp3) is 0.111. The van der Waals surface area contributed by atoms with Crippen molar-refractivity contribution in [1.82, 2.24) is 14.1 Å². The van der Waals surface area contributed by atoms with Crippen LogP contribution in [0.5, 0.6) is 0 Å². The molecule has 0 N–H and O–H groups in total. The number of hydrogen-bond donors (Lipinski definition) is 0. The largest absolute Gasteiger partial charge is 0.337 e. The molecule has 0 aliphatic heterocycles. The number of halogens is 1. The maximum Gasteiger partial charge on any atom is 0.251 e. The van der Waals surface area contributed by atoms with Crippen LogP contribution in [-0.4, -0.2) is 14.1 Å². The van der Waals surface area contributed by atoms with Crippen LogP contribution >= 0.6 is 11.6 Å². The minimum Gasteiger partial charge on any atom is -0.337 e. The standard InChI is InChI=1S/C27H22ClN3O/c1-30-17-29-16-25(30)27(19-8-11-21(28)12-9-19)20-10-13-24-23(14-20)22(15-26(32)31(24)2)18-6-4-3-5-7-18/h3-17,27H,1-2H3. The van der Waals surface area contributed by atoms with Crippen molar-refractivity contribution in [2.45, 2.75) is 5.92 Å². The summed E-state index contributed by atoms with van der Waals surface area (Å²) in [5, 5.41) is 1.74. The van der Waals surface area contributed by atoms with Crippen molar-refractivity contribution in [2.75, 3.05) is 0 Å². The maximum absolute atomic E-state index is 12.7. The molecule has 0 saturated carbocycles. The third-order valence-electron chi connectivity index (χ3n) is 6.04. The molecule has 5 heteroatoms. The Morgan fingerprint density at radius 1 is 0.875 bits per heavy atom. The molecule has 2 heterocycles. The van der Waals surface area contributed by atoms with Crippen molar-refractivity contribution in [3.8, 4) is 11.1 Å². The van der Waals surface area contributed by atoms with Gasteiger partial charge < -0.3 is 9.13 Å². The first kappa shape index (κ1) is 20.3. The van der Waals surface area contributed by atoms with Gasteiger partial charge in [0.1, 0.15) is 0 Å². The van der Waals surface area contributed by atoms with Crippen LogP contribution in [0, 0.1) is 0 Å². The first-order chi connectivity index (χ1) is 15.5. The molecule has 0 spiro atoms. The third kappa shape index (κ3) is 3.53. The summed E-state index contributed by atoms with van der Waals surface area (Å²) in [6.45, 7) is 0. The lowest BCUT2D eigenvalue weighted by atomic mass is 9.87. The lowest BCUT2D eigenvalue weighted by Gasteiger charge is -2.20. The molecule has 0 bridgehead atoms. The van der Waals surface area contributed by atoms with E-state index >= 15 is 0 Å². The average molecular weight is 440 g/mol. The van der Waals surface area contributed by atoms with Gasteiger partial charge in [-0.1, -0.05) is 60.1 Å². The predicted molar refractivity (Wildman–Crippen MR) is 130 cm³/mol. The molecule has 1 unspecified atom stereocenters. The van der Waals surface area contributed by atoms with E-state index in [9.17, 15) is 4.79 Å². The summed E-state index contributed by atoms with van der Waals surface area (Å²) in [7, 11) is 3.82. The van der Waals surface area contributed by atoms with Gasteiger partial charge in [0, 0.05) is 42.5 Å². The summed E-state index contributed by atoms with van der Waals surface area (Å²) in [4.78, 5) is 17.0. The second-order valence-corrected chi connectivity index (χ2v) is 8.45. The molecule has 2 aromatic heterocycles. The lowest BCUT2D eigenvalue weighted by Crippen LogP contribution is -2.16. The smallest absolute Gasteiger partial charge is 0.251 e. The number of benzene rings is 3. The molecular formula is C27H22ClN3O. The van der Waals surface area contributed by atoms with E-state index in [-0.39, 0.29) is 11.5 Å². The van der Waals surface area contributed by atoms with Crippen LogP contribution in [0.25, 0.3) is 22.0 Å². The van der Waals surface area contributed by atoms with Crippen LogP contribution in [0.1, 0.15) is 22.7 Å². The third-order valence-corrected chi connectivity index (χ3v) is 6.29. The Bertz CT molecular complexity index is 1470. The van der Waals surface area contributed by atoms with Gasteiger partial charge in [-0.3, -0.25) is 4.79 Å². The highest BCUT2D eigenvalue weighted by Crippen LogP contribution is 2.36. The topological polar surface area (TPSA) is 39.8 Å². The van der Waals surface area contributed by atoms with Gasteiger partial charge in [0.2, 0.25) is 0 Å². The predicted octanol–water partition coefficient (Wildman–Crippen LogP) is 5.77. The highest BCUT2D eigenvalue weighted by Gasteiger charge is 2.21. The molecular weight excluding hydrogens is 418 g/mol. The molecule has 0 amide bonds. The van der Waals surface area contributed by atoms with Crippen molar-refractivity contribution in [3.05, 3.63) is 124 Å². The minimum atomic E-state index is -0.0232. The highest BCUT2D eigenvalue weighted by atomic mass is 35.5. The van der Waals surface area contributed by atoms with Crippen LogP contribution in [0.15, 0.2) is 96.2 Å². The number of nitrogens with zero attached hydrogens (tertiary/aromatic N) is 3. The van der Waals surface area contributed by atoms with Gasteiger partial charge in [-0.25, -0.2) is 4.98 Å². The Morgan fingerprint density at radius 2 is 1.59 bits per heavy atom. The highest BCUT2D eigenvalue weighted by molar-refractivity contribution is 6.30. The minimum absolute atomic E-state index is 0.0231. The zero-order valence-corrected chi connectivity index (χ0v) is 18.6. The van der Waals surface area contributed by atoms with Gasteiger partial charge in [0.25, 0.3) is 5.56 Å². The fourth-order valence-electron chi connectivity index (χ4n) is 4.35. The first-order valence-corrected chi connectivity index (χ1v) is 10.8. The van der Waals surface area contributed by atoms with Crippen LogP contribution < -0.4 is 5.56 Å². The summed E-state index contributed by atoms with van der Waals surface area (Å²) in [5.74, 6) is -0.0231. The number of aromatic nitrogens is 3. The molecule has 0 aliphatic carbocycles. The average Bonchev–Trinajstić information content (AvgIpc) is 3.23. The van der Waals surface area contributed by atoms with Crippen molar-refractivity contribution < 1.29 is 0 Å². The van der Waals surface area contributed by atoms with E-state index < -0.39 is 0 Å². The molecule has 0 saturated heterocycles. The Kier molecular flexibility index (Phi) is 5.16. The molecule has 5 rings (SSSR count). The molecule has 0 aliphatic rings. The molecule has 1 atom stereocenters. The van der Waals surface area contributed by atoms with Crippen LogP contribution in [0.2, 0.25) is 5.02 Å². The lowest BCUT2D eigenvalue weighted by molar-refractivity contribution is 0.793. The number of hydrogen-bond acceptors (Lipinski definition) is 2. The van der Waals surface area contributed by atoms with E-state index in [1.54, 1.807) is 10.6 Å². The van der Waals surface area contributed by atoms with Crippen LogP contribution in [0.3, 0.4) is 0 Å². The van der Waals surface area contributed by atoms with E-state index in [1.807, 2.05) is 79.7 Å². The molecule has 4 nitrogen and oxygen atoms in total. The Balaban J connectivity index is 1.78. The quantitative estimate of drug-likeness (QED) is 0.356. The Labute approximate surface area is 191 Å². The number of fused-ring (bicyclic) bond motifs is 1. The van der Waals surface area contributed by atoms with Crippen molar-refractivity contribution in [1.29, 1.82) is 0 Å². The number of rotatable bonds is 4. The van der Waals surface area contributed by atoms with Crippen molar-refractivity contribution in [3.63, 3.8) is 0 Å². The molecule has 0 fully saturated rings. The molecule has 3 aromatic carbocycles. The summed E-state index contributed by atoms with van der Waals surface area (Å²) < 4.78 is 3.75. The molecule has 0 radical (unpaired) electrons. The molecule has 5 aromatic rings. The summed E-state index contributed by atoms with van der Waals surface area (Å²) in [6.07, 6.45) is 3.72. The van der Waals surface area contributed by atoms with Crippen LogP contribution in [-0.2, 0) is 14.1 Å². The zero-order valence-electron chi connectivity index (χ0n) is 17.9. The van der Waals surface area contributed by atoms with E-state index in [0.717, 1.165) is 38.9 Å². The molecule has 158 valence electrons. The normalized spacial score (nSPS) is 12.2. The van der Waals surface area contributed by atoms with E-state index in [4.69, 9.17) is 11.6 Å². The number of imidazole rings is 1. The monoisotopic (exact) mass is 439 g/mol. The van der Waals surface area contributed by atoms with Gasteiger partial charge in [0.05, 0.1) is 17.8 Å². The maximum atomic E-state index is 12.7. The first-order valence-electron chi connectivity index (χ1n) is 10.4. The van der Waals surface area contributed by atoms with E-state index in [2.05, 4.69) is 29.2 Å². The van der Waals surface area contributed by atoms with Crippen LogP contribution in [0.4, 0.5) is 0 Å². The SMILES string of the molecule is Cn1cncc1C(c1ccc(Cl)cc1)c1ccc2c(c1)c(-c1ccccc1)cc(=O)n2C. The Hall–Kier alpha value is -3.63. The van der Waals surface area contributed by atoms with E-state index in [1.165, 1.54) is 0 Å². The van der Waals surface area contributed by atoms with Gasteiger partial charge >= 0.3 is 0 Å². The fourth-order valence-corrected chi connectivity index (χ4v) is 4.48. The molecule has 32 heavy (non-hydrogen) atoms. The Morgan fingerprint density at radius 3 is 2.28 bits per heavy atom. The summed E-state index contributed by atoms with van der Waals surface area (Å²) in [6, 6.07) is 26.1. The summed E-state index contributed by atoms with van der Waals surface area (Å²) in [5.41, 5.74) is 6.17. The van der Waals surface area contributed by atoms with Crippen molar-refractivity contribution in [2.24, 2.45) is 14.1 Å². The van der Waals surface area contributed by atoms with Gasteiger partial charge in [-0.15, -0.1) is 0 Å². The number of aryl methyl sites for hydroxylation is 2. The number of pyridine rings is 1.